The molecule has 2 atom stereocenters. The molecular weight excluding hydrogens is 334 g/mol. The van der Waals surface area contributed by atoms with Crippen molar-refractivity contribution in [2.24, 2.45) is 5.92 Å². The van der Waals surface area contributed by atoms with Crippen LogP contribution in [-0.2, 0) is 16.0 Å². The molecule has 0 saturated heterocycles. The average Bonchev–Trinajstić information content (AvgIpc) is 2.67. The molecule has 0 radical (unpaired) electrons. The van der Waals surface area contributed by atoms with E-state index in [9.17, 15) is 14.7 Å². The van der Waals surface area contributed by atoms with Gasteiger partial charge in [-0.25, -0.2) is 0 Å². The molecule has 6 nitrogen and oxygen atoms in total. The molecular formula is C20H21NO5. The number of aliphatic carboxylic acids is 1. The van der Waals surface area contributed by atoms with Crippen molar-refractivity contribution in [2.45, 2.75) is 12.3 Å². The molecule has 2 unspecified atom stereocenters. The fourth-order valence-electron chi connectivity index (χ4n) is 3.03. The van der Waals surface area contributed by atoms with Crippen LogP contribution in [0.2, 0.25) is 0 Å². The molecule has 0 bridgehead atoms. The van der Waals surface area contributed by atoms with Gasteiger partial charge in [0.25, 0.3) is 0 Å². The first-order chi connectivity index (χ1) is 12.6. The molecule has 2 aromatic rings. The zero-order chi connectivity index (χ0) is 18.5. The van der Waals surface area contributed by atoms with Gasteiger partial charge in [-0.1, -0.05) is 36.4 Å². The summed E-state index contributed by atoms with van der Waals surface area (Å²) in [6, 6.07) is 14.4. The van der Waals surface area contributed by atoms with Crippen molar-refractivity contribution in [3.8, 4) is 11.5 Å². The number of amides is 1. The van der Waals surface area contributed by atoms with Gasteiger partial charge in [-0.15, -0.1) is 0 Å². The van der Waals surface area contributed by atoms with Gasteiger partial charge < -0.3 is 19.9 Å². The highest BCUT2D eigenvalue weighted by atomic mass is 16.5. The summed E-state index contributed by atoms with van der Waals surface area (Å²) in [5.74, 6) is -0.857. The topological polar surface area (TPSA) is 84.9 Å². The third-order valence-corrected chi connectivity index (χ3v) is 4.53. The largest absolute Gasteiger partial charge is 0.497 e. The minimum Gasteiger partial charge on any atom is -0.497 e. The number of fused-ring (bicyclic) bond motifs is 1. The van der Waals surface area contributed by atoms with Gasteiger partial charge in [0.05, 0.1) is 18.9 Å². The Bertz CT molecular complexity index is 790. The van der Waals surface area contributed by atoms with Gasteiger partial charge in [0.1, 0.15) is 18.1 Å². The molecule has 0 spiro atoms. The van der Waals surface area contributed by atoms with Gasteiger partial charge in [-0.05, 0) is 23.6 Å². The Hall–Kier alpha value is -3.02. The van der Waals surface area contributed by atoms with Gasteiger partial charge in [-0.2, -0.15) is 0 Å². The van der Waals surface area contributed by atoms with E-state index in [1.54, 1.807) is 37.4 Å². The third kappa shape index (κ3) is 3.96. The second kappa shape index (κ2) is 7.91. The number of carbonyl (C=O) groups excluding carboxylic acids is 1. The number of carboxylic acid groups (broad SMARTS) is 1. The standard InChI is InChI=1S/C20H21NO5/c1-25-16-8-7-14-9-15(12-26-18(14)10-16)19(22)21-11-17(20(23)24)13-5-3-2-4-6-13/h2-8,10,15,17H,9,11-12H2,1H3,(H,21,22)(H,23,24). The molecule has 0 aromatic heterocycles. The summed E-state index contributed by atoms with van der Waals surface area (Å²) in [6.45, 7) is 0.305. The van der Waals surface area contributed by atoms with Crippen LogP contribution in [0, 0.1) is 5.92 Å². The van der Waals surface area contributed by atoms with E-state index in [-0.39, 0.29) is 25.0 Å². The highest BCUT2D eigenvalue weighted by Gasteiger charge is 2.28. The van der Waals surface area contributed by atoms with Gasteiger partial charge in [0.2, 0.25) is 5.91 Å². The first-order valence-corrected chi connectivity index (χ1v) is 8.43. The molecule has 1 heterocycles. The van der Waals surface area contributed by atoms with E-state index < -0.39 is 11.9 Å². The number of nitrogens with one attached hydrogen (secondary N) is 1. The lowest BCUT2D eigenvalue weighted by Gasteiger charge is -2.25. The molecule has 0 aliphatic carbocycles. The first-order valence-electron chi connectivity index (χ1n) is 8.43. The summed E-state index contributed by atoms with van der Waals surface area (Å²) in [6.07, 6.45) is 0.550. The Labute approximate surface area is 151 Å². The second-order valence-electron chi connectivity index (χ2n) is 6.23. The van der Waals surface area contributed by atoms with Gasteiger partial charge in [0.15, 0.2) is 0 Å². The van der Waals surface area contributed by atoms with Gasteiger partial charge >= 0.3 is 5.97 Å². The Morgan fingerprint density at radius 3 is 2.73 bits per heavy atom. The van der Waals surface area contributed by atoms with E-state index >= 15 is 0 Å². The maximum Gasteiger partial charge on any atom is 0.312 e. The van der Waals surface area contributed by atoms with Crippen molar-refractivity contribution >= 4 is 11.9 Å². The Morgan fingerprint density at radius 1 is 1.27 bits per heavy atom. The zero-order valence-electron chi connectivity index (χ0n) is 14.5. The van der Waals surface area contributed by atoms with E-state index in [1.165, 1.54) is 0 Å². The minimum absolute atomic E-state index is 0.0458. The van der Waals surface area contributed by atoms with Gasteiger partial charge in [0, 0.05) is 12.6 Å². The van der Waals surface area contributed by atoms with Crippen molar-refractivity contribution in [1.82, 2.24) is 5.32 Å². The lowest BCUT2D eigenvalue weighted by Crippen LogP contribution is -2.40. The number of carbonyl (C=O) groups is 2. The molecule has 0 fully saturated rings. The number of rotatable bonds is 6. The maximum absolute atomic E-state index is 12.5. The van der Waals surface area contributed by atoms with Crippen LogP contribution in [0.15, 0.2) is 48.5 Å². The van der Waals surface area contributed by atoms with Crippen LogP contribution in [0.1, 0.15) is 17.0 Å². The molecule has 2 N–H and O–H groups in total. The highest BCUT2D eigenvalue weighted by molar-refractivity contribution is 5.82. The quantitative estimate of drug-likeness (QED) is 0.830. The van der Waals surface area contributed by atoms with Crippen molar-refractivity contribution < 1.29 is 24.2 Å². The fraction of sp³-hybridized carbons (Fsp3) is 0.300. The summed E-state index contributed by atoms with van der Waals surface area (Å²) in [5.41, 5.74) is 1.60. The number of hydrogen-bond acceptors (Lipinski definition) is 4. The molecule has 6 heteroatoms. The lowest BCUT2D eigenvalue weighted by molar-refractivity contribution is -0.138. The third-order valence-electron chi connectivity index (χ3n) is 4.53. The van der Waals surface area contributed by atoms with Crippen LogP contribution in [0.25, 0.3) is 0 Å². The highest BCUT2D eigenvalue weighted by Crippen LogP contribution is 2.31. The van der Waals surface area contributed by atoms with E-state index in [1.807, 2.05) is 18.2 Å². The summed E-state index contributed by atoms with van der Waals surface area (Å²) in [4.78, 5) is 24.0. The summed E-state index contributed by atoms with van der Waals surface area (Å²) >= 11 is 0. The van der Waals surface area contributed by atoms with Crippen molar-refractivity contribution in [1.29, 1.82) is 0 Å². The lowest BCUT2D eigenvalue weighted by atomic mass is 9.95. The number of methoxy groups -OCH3 is 1. The number of ether oxygens (including phenoxy) is 2. The van der Waals surface area contributed by atoms with E-state index in [0.717, 1.165) is 11.3 Å². The summed E-state index contributed by atoms with van der Waals surface area (Å²) in [7, 11) is 1.59. The smallest absolute Gasteiger partial charge is 0.312 e. The molecule has 136 valence electrons. The minimum atomic E-state index is -0.964. The van der Waals surface area contributed by atoms with Crippen molar-refractivity contribution in [2.75, 3.05) is 20.3 Å². The van der Waals surface area contributed by atoms with Crippen LogP contribution in [0.5, 0.6) is 11.5 Å². The van der Waals surface area contributed by atoms with Crippen molar-refractivity contribution in [3.05, 3.63) is 59.7 Å². The molecule has 26 heavy (non-hydrogen) atoms. The van der Waals surface area contributed by atoms with Crippen LogP contribution >= 0.6 is 0 Å². The zero-order valence-corrected chi connectivity index (χ0v) is 14.5. The van der Waals surface area contributed by atoms with Crippen LogP contribution in [0.4, 0.5) is 0 Å². The Morgan fingerprint density at radius 2 is 2.04 bits per heavy atom. The number of carboxylic acids is 1. The average molecular weight is 355 g/mol. The predicted octanol–water partition coefficient (Wildman–Crippen LogP) is 2.23. The Balaban J connectivity index is 1.62. The molecule has 1 aliphatic heterocycles. The normalized spacial score (nSPS) is 16.7. The van der Waals surface area contributed by atoms with E-state index in [0.29, 0.717) is 17.7 Å². The van der Waals surface area contributed by atoms with E-state index in [2.05, 4.69) is 5.32 Å². The van der Waals surface area contributed by atoms with Crippen LogP contribution < -0.4 is 14.8 Å². The number of benzene rings is 2. The molecule has 3 rings (SSSR count). The SMILES string of the molecule is COc1ccc2c(c1)OCC(C(=O)NCC(C(=O)O)c1ccccc1)C2. The summed E-state index contributed by atoms with van der Waals surface area (Å²) < 4.78 is 10.9. The molecule has 1 aliphatic rings. The summed E-state index contributed by atoms with van der Waals surface area (Å²) in [5, 5.41) is 12.2. The predicted molar refractivity (Wildman–Crippen MR) is 95.5 cm³/mol. The molecule has 0 saturated carbocycles. The van der Waals surface area contributed by atoms with Crippen LogP contribution in [-0.4, -0.2) is 37.2 Å². The molecule has 2 aromatic carbocycles. The second-order valence-corrected chi connectivity index (χ2v) is 6.23. The fourth-order valence-corrected chi connectivity index (χ4v) is 3.03. The molecule has 1 amide bonds. The van der Waals surface area contributed by atoms with Gasteiger partial charge in [-0.3, -0.25) is 9.59 Å². The first kappa shape index (κ1) is 17.8. The van der Waals surface area contributed by atoms with Crippen LogP contribution in [0.3, 0.4) is 0 Å². The Kier molecular flexibility index (Phi) is 5.41. The maximum atomic E-state index is 12.5. The monoisotopic (exact) mass is 355 g/mol. The number of hydrogen-bond donors (Lipinski definition) is 2. The van der Waals surface area contributed by atoms with E-state index in [4.69, 9.17) is 9.47 Å². The van der Waals surface area contributed by atoms with Crippen molar-refractivity contribution in [3.63, 3.8) is 0 Å².